The van der Waals surface area contributed by atoms with Gasteiger partial charge in [0.05, 0.1) is 0 Å². The number of aromatic nitrogens is 1. The van der Waals surface area contributed by atoms with Crippen molar-refractivity contribution in [3.8, 4) is 11.1 Å². The lowest BCUT2D eigenvalue weighted by atomic mass is 9.97. The lowest BCUT2D eigenvalue weighted by Gasteiger charge is -2.07. The van der Waals surface area contributed by atoms with E-state index in [1.807, 2.05) is 37.3 Å². The van der Waals surface area contributed by atoms with E-state index >= 15 is 0 Å². The van der Waals surface area contributed by atoms with Crippen LogP contribution in [-0.4, -0.2) is 10.8 Å². The number of benzene rings is 2. The van der Waals surface area contributed by atoms with Crippen LogP contribution in [0.3, 0.4) is 0 Å². The highest BCUT2D eigenvalue weighted by Gasteiger charge is 2.17. The summed E-state index contributed by atoms with van der Waals surface area (Å²) in [6.07, 6.45) is 3.47. The molecule has 0 fully saturated rings. The molecule has 0 aliphatic carbocycles. The van der Waals surface area contributed by atoms with Crippen molar-refractivity contribution in [3.05, 3.63) is 81.6 Å². The smallest absolute Gasteiger partial charge is 0.195 e. The van der Waals surface area contributed by atoms with Crippen molar-refractivity contribution < 1.29 is 4.79 Å². The third-order valence-corrected chi connectivity index (χ3v) is 4.07. The minimum Gasteiger partial charge on any atom is -0.366 e. The zero-order valence-corrected chi connectivity index (χ0v) is 13.4. The van der Waals surface area contributed by atoms with E-state index in [9.17, 15) is 4.79 Å². The predicted octanol–water partition coefficient (Wildman–Crippen LogP) is 5.53. The Morgan fingerprint density at radius 1 is 0.955 bits per heavy atom. The summed E-state index contributed by atoms with van der Waals surface area (Å²) in [6, 6.07) is 12.8. The van der Waals surface area contributed by atoms with Gasteiger partial charge in [0.1, 0.15) is 0 Å². The Bertz CT molecular complexity index is 835. The van der Waals surface area contributed by atoms with Gasteiger partial charge in [-0.1, -0.05) is 59.1 Å². The number of aryl methyl sites for hydroxylation is 1. The maximum atomic E-state index is 12.7. The fourth-order valence-electron chi connectivity index (χ4n) is 2.34. The van der Waals surface area contributed by atoms with Crippen LogP contribution in [0.5, 0.6) is 0 Å². The molecule has 0 amide bonds. The Labute approximate surface area is 138 Å². The largest absolute Gasteiger partial charge is 0.366 e. The molecule has 2 nitrogen and oxygen atoms in total. The molecule has 1 heterocycles. The number of carbonyl (C=O) groups is 1. The topological polar surface area (TPSA) is 32.9 Å². The van der Waals surface area contributed by atoms with Crippen LogP contribution in [-0.2, 0) is 0 Å². The monoisotopic (exact) mass is 329 g/mol. The number of halogens is 2. The lowest BCUT2D eigenvalue weighted by Crippen LogP contribution is -2.01. The maximum Gasteiger partial charge on any atom is 0.195 e. The van der Waals surface area contributed by atoms with Gasteiger partial charge in [-0.25, -0.2) is 0 Å². The number of H-pyrrole nitrogens is 1. The first kappa shape index (κ1) is 14.9. The van der Waals surface area contributed by atoms with E-state index in [0.717, 1.165) is 16.7 Å². The second-order valence-corrected chi connectivity index (χ2v) is 5.95. The van der Waals surface area contributed by atoms with Gasteiger partial charge in [0.2, 0.25) is 0 Å². The molecule has 0 saturated heterocycles. The molecule has 0 spiro atoms. The van der Waals surface area contributed by atoms with Gasteiger partial charge in [-0.2, -0.15) is 0 Å². The Kier molecular flexibility index (Phi) is 4.06. The fourth-order valence-corrected chi connectivity index (χ4v) is 2.85. The van der Waals surface area contributed by atoms with E-state index in [1.165, 1.54) is 0 Å². The van der Waals surface area contributed by atoms with Crippen LogP contribution in [0.15, 0.2) is 54.9 Å². The molecule has 0 radical (unpaired) electrons. The number of hydrogen-bond donors (Lipinski definition) is 1. The second-order valence-electron chi connectivity index (χ2n) is 5.10. The fraction of sp³-hybridized carbons (Fsp3) is 0.0556. The van der Waals surface area contributed by atoms with E-state index in [-0.39, 0.29) is 5.78 Å². The molecule has 0 saturated carbocycles. The molecule has 2 aromatic carbocycles. The van der Waals surface area contributed by atoms with Gasteiger partial charge < -0.3 is 4.98 Å². The van der Waals surface area contributed by atoms with Gasteiger partial charge in [-0.05, 0) is 19.1 Å². The van der Waals surface area contributed by atoms with Crippen molar-refractivity contribution in [2.75, 3.05) is 0 Å². The number of ketones is 1. The van der Waals surface area contributed by atoms with Crippen LogP contribution in [0.4, 0.5) is 0 Å². The van der Waals surface area contributed by atoms with Gasteiger partial charge in [0.25, 0.3) is 0 Å². The van der Waals surface area contributed by atoms with E-state index in [1.54, 1.807) is 24.5 Å². The summed E-state index contributed by atoms with van der Waals surface area (Å²) in [5, 5.41) is 1.08. The first-order valence-electron chi connectivity index (χ1n) is 6.80. The van der Waals surface area contributed by atoms with Gasteiger partial charge >= 0.3 is 0 Å². The summed E-state index contributed by atoms with van der Waals surface area (Å²) in [4.78, 5) is 15.7. The highest BCUT2D eigenvalue weighted by molar-refractivity contribution is 6.36. The van der Waals surface area contributed by atoms with Crippen molar-refractivity contribution in [2.45, 2.75) is 6.92 Å². The summed E-state index contributed by atoms with van der Waals surface area (Å²) in [6.45, 7) is 1.99. The molecule has 0 atom stereocenters. The molecule has 3 rings (SSSR count). The van der Waals surface area contributed by atoms with Crippen LogP contribution < -0.4 is 0 Å². The van der Waals surface area contributed by atoms with E-state index in [4.69, 9.17) is 23.2 Å². The highest BCUT2D eigenvalue weighted by Crippen LogP contribution is 2.33. The van der Waals surface area contributed by atoms with Crippen LogP contribution in [0.25, 0.3) is 11.1 Å². The molecule has 0 aliphatic rings. The quantitative estimate of drug-likeness (QED) is 0.630. The minimum atomic E-state index is -0.0396. The third-order valence-electron chi connectivity index (χ3n) is 3.53. The van der Waals surface area contributed by atoms with E-state index in [2.05, 4.69) is 4.98 Å². The average molecular weight is 330 g/mol. The first-order chi connectivity index (χ1) is 10.6. The van der Waals surface area contributed by atoms with Crippen LogP contribution in [0, 0.1) is 6.92 Å². The SMILES string of the molecule is Cc1ccc(C(=O)c2c[nH]cc2-c2ccc(Cl)cc2Cl)cc1. The number of aromatic amines is 1. The third kappa shape index (κ3) is 2.80. The van der Waals surface area contributed by atoms with Crippen LogP contribution >= 0.6 is 23.2 Å². The van der Waals surface area contributed by atoms with Crippen LogP contribution in [0.1, 0.15) is 21.5 Å². The molecule has 1 aromatic heterocycles. The molecule has 0 unspecified atom stereocenters. The lowest BCUT2D eigenvalue weighted by molar-refractivity contribution is 0.103. The number of nitrogens with one attached hydrogen (secondary N) is 1. The molecule has 4 heteroatoms. The molecule has 0 aliphatic heterocycles. The Hall–Kier alpha value is -2.03. The van der Waals surface area contributed by atoms with Gasteiger partial charge in [-0.3, -0.25) is 4.79 Å². The zero-order chi connectivity index (χ0) is 15.7. The van der Waals surface area contributed by atoms with Crippen molar-refractivity contribution >= 4 is 29.0 Å². The molecule has 0 bridgehead atoms. The predicted molar refractivity (Wildman–Crippen MR) is 90.9 cm³/mol. The standard InChI is InChI=1S/C18H13Cl2NO/c1-11-2-4-12(5-3-11)18(22)16-10-21-9-15(16)14-7-6-13(19)8-17(14)20/h2-10,21H,1H3. The Morgan fingerprint density at radius 3 is 2.36 bits per heavy atom. The molecule has 22 heavy (non-hydrogen) atoms. The van der Waals surface area contributed by atoms with Crippen molar-refractivity contribution in [1.29, 1.82) is 0 Å². The second kappa shape index (κ2) is 5.99. The summed E-state index contributed by atoms with van der Waals surface area (Å²) in [7, 11) is 0. The molecule has 110 valence electrons. The molecular weight excluding hydrogens is 317 g/mol. The van der Waals surface area contributed by atoms with Gasteiger partial charge in [0, 0.05) is 44.7 Å². The van der Waals surface area contributed by atoms with Crippen molar-refractivity contribution in [2.24, 2.45) is 0 Å². The summed E-state index contributed by atoms with van der Waals surface area (Å²) < 4.78 is 0. The van der Waals surface area contributed by atoms with Crippen molar-refractivity contribution in [3.63, 3.8) is 0 Å². The summed E-state index contributed by atoms with van der Waals surface area (Å²) >= 11 is 12.2. The summed E-state index contributed by atoms with van der Waals surface area (Å²) in [5.41, 5.74) is 3.91. The first-order valence-corrected chi connectivity index (χ1v) is 7.55. The number of rotatable bonds is 3. The number of hydrogen-bond acceptors (Lipinski definition) is 1. The van der Waals surface area contributed by atoms with Crippen LogP contribution in [0.2, 0.25) is 10.0 Å². The Balaban J connectivity index is 2.05. The molecule has 1 N–H and O–H groups in total. The van der Waals surface area contributed by atoms with Crippen molar-refractivity contribution in [1.82, 2.24) is 4.98 Å². The maximum absolute atomic E-state index is 12.7. The normalized spacial score (nSPS) is 10.7. The van der Waals surface area contributed by atoms with E-state index in [0.29, 0.717) is 21.2 Å². The summed E-state index contributed by atoms with van der Waals surface area (Å²) in [5.74, 6) is -0.0396. The number of carbonyl (C=O) groups excluding carboxylic acids is 1. The Morgan fingerprint density at radius 2 is 1.68 bits per heavy atom. The highest BCUT2D eigenvalue weighted by atomic mass is 35.5. The average Bonchev–Trinajstić information content (AvgIpc) is 2.96. The zero-order valence-electron chi connectivity index (χ0n) is 11.9. The molecular formula is C18H13Cl2NO. The minimum absolute atomic E-state index is 0.0396. The van der Waals surface area contributed by atoms with E-state index < -0.39 is 0 Å². The van der Waals surface area contributed by atoms with Gasteiger partial charge in [0.15, 0.2) is 5.78 Å². The molecule has 3 aromatic rings. The van der Waals surface area contributed by atoms with Gasteiger partial charge in [-0.15, -0.1) is 0 Å².